The summed E-state index contributed by atoms with van der Waals surface area (Å²) < 4.78 is 16.3. The zero-order valence-electron chi connectivity index (χ0n) is 18.2. The van der Waals surface area contributed by atoms with Gasteiger partial charge in [0.05, 0.1) is 22.8 Å². The van der Waals surface area contributed by atoms with E-state index in [2.05, 4.69) is 5.32 Å². The molecular weight excluding hydrogens is 465 g/mol. The molecule has 0 radical (unpaired) electrons. The summed E-state index contributed by atoms with van der Waals surface area (Å²) in [5, 5.41) is 23.3. The number of benzene rings is 2. The van der Waals surface area contributed by atoms with Crippen LogP contribution in [0.3, 0.4) is 0 Å². The van der Waals surface area contributed by atoms with Crippen molar-refractivity contribution in [3.8, 4) is 5.69 Å². The van der Waals surface area contributed by atoms with Crippen molar-refractivity contribution in [3.63, 3.8) is 0 Å². The molecule has 0 unspecified atom stereocenters. The molecule has 0 bridgehead atoms. The number of amides is 2. The Labute approximate surface area is 195 Å². The van der Waals surface area contributed by atoms with Crippen LogP contribution in [0.1, 0.15) is 21.5 Å². The molecule has 0 saturated carbocycles. The zero-order valence-corrected chi connectivity index (χ0v) is 18.2. The minimum atomic E-state index is -1.61. The van der Waals surface area contributed by atoms with E-state index < -0.39 is 46.1 Å². The molecule has 1 aromatic heterocycles. The van der Waals surface area contributed by atoms with Crippen LogP contribution >= 0.6 is 0 Å². The summed E-state index contributed by atoms with van der Waals surface area (Å²) in [7, 11) is 0. The van der Waals surface area contributed by atoms with Crippen LogP contribution in [0.5, 0.6) is 0 Å². The Morgan fingerprint density at radius 2 is 1.97 bits per heavy atom. The van der Waals surface area contributed by atoms with Gasteiger partial charge in [0, 0.05) is 37.0 Å². The van der Waals surface area contributed by atoms with Crippen LogP contribution < -0.4 is 21.5 Å². The lowest BCUT2D eigenvalue weighted by molar-refractivity contribution is -0.385. The molecule has 2 aromatic carbocycles. The van der Waals surface area contributed by atoms with Gasteiger partial charge in [0.15, 0.2) is 0 Å². The van der Waals surface area contributed by atoms with Gasteiger partial charge in [0.2, 0.25) is 0 Å². The predicted molar refractivity (Wildman–Crippen MR) is 121 cm³/mol. The second kappa shape index (κ2) is 8.85. The number of nitro groups is 1. The average molecular weight is 483 g/mol. The lowest BCUT2D eigenvalue weighted by atomic mass is 10.1. The Hall–Kier alpha value is -4.81. The van der Waals surface area contributed by atoms with Crippen molar-refractivity contribution >= 4 is 23.4 Å². The number of carbonyl (C=O) groups excluding carboxylic acids is 1. The van der Waals surface area contributed by atoms with Crippen molar-refractivity contribution in [1.29, 1.82) is 0 Å². The third-order valence-corrected chi connectivity index (χ3v) is 5.70. The van der Waals surface area contributed by atoms with Crippen LogP contribution in [0.25, 0.3) is 5.69 Å². The van der Waals surface area contributed by atoms with Crippen molar-refractivity contribution in [2.75, 3.05) is 18.0 Å². The largest absolute Gasteiger partial charge is 0.477 e. The van der Waals surface area contributed by atoms with E-state index in [-0.39, 0.29) is 34.7 Å². The Kier molecular flexibility index (Phi) is 5.91. The second-order valence-corrected chi connectivity index (χ2v) is 7.73. The summed E-state index contributed by atoms with van der Waals surface area (Å²) in [4.78, 5) is 61.4. The van der Waals surface area contributed by atoms with Gasteiger partial charge in [-0.1, -0.05) is 12.1 Å². The molecule has 4 rings (SSSR count). The van der Waals surface area contributed by atoms with Crippen molar-refractivity contribution in [2.24, 2.45) is 0 Å². The topological polar surface area (TPSA) is 157 Å². The van der Waals surface area contributed by atoms with Gasteiger partial charge in [0.25, 0.3) is 11.2 Å². The fourth-order valence-electron chi connectivity index (χ4n) is 3.85. The number of carboxylic acids is 1. The molecule has 0 atom stereocenters. The molecule has 1 aliphatic heterocycles. The first-order valence-corrected chi connectivity index (χ1v) is 10.3. The maximum absolute atomic E-state index is 14.9. The highest BCUT2D eigenvalue weighted by molar-refractivity contribution is 5.94. The SMILES string of the molecule is Cc1c(Cn2c(=O)c(C(=O)O)cn(-c3ccc(N4CCNC4=O)c(F)c3)c2=O)cccc1[N+](=O)[O-]. The Balaban J connectivity index is 1.85. The van der Waals surface area contributed by atoms with Crippen molar-refractivity contribution in [3.05, 3.63) is 96.1 Å². The molecule has 13 heteroatoms. The van der Waals surface area contributed by atoms with Gasteiger partial charge >= 0.3 is 17.7 Å². The minimum Gasteiger partial charge on any atom is -0.477 e. The summed E-state index contributed by atoms with van der Waals surface area (Å²) in [6, 6.07) is 7.16. The van der Waals surface area contributed by atoms with Gasteiger partial charge in [0.1, 0.15) is 11.4 Å². The molecule has 0 spiro atoms. The molecular formula is C22H18FN5O7. The average Bonchev–Trinajstić information content (AvgIpc) is 3.22. The summed E-state index contributed by atoms with van der Waals surface area (Å²) in [5.74, 6) is -2.45. The minimum absolute atomic E-state index is 0.0317. The van der Waals surface area contributed by atoms with Gasteiger partial charge < -0.3 is 10.4 Å². The molecule has 180 valence electrons. The summed E-state index contributed by atoms with van der Waals surface area (Å²) in [5.41, 5.74) is -2.72. The number of nitrogens with one attached hydrogen (secondary N) is 1. The number of halogens is 1. The number of aromatic nitrogens is 2. The van der Waals surface area contributed by atoms with E-state index in [9.17, 15) is 38.8 Å². The lowest BCUT2D eigenvalue weighted by Gasteiger charge is -2.17. The smallest absolute Gasteiger partial charge is 0.342 e. The van der Waals surface area contributed by atoms with Crippen LogP contribution in [-0.4, -0.2) is 44.3 Å². The predicted octanol–water partition coefficient (Wildman–Crippen LogP) is 1.63. The molecule has 2 amide bonds. The second-order valence-electron chi connectivity index (χ2n) is 7.73. The Morgan fingerprint density at radius 3 is 2.57 bits per heavy atom. The molecule has 2 heterocycles. The monoisotopic (exact) mass is 483 g/mol. The van der Waals surface area contributed by atoms with E-state index in [0.717, 1.165) is 16.8 Å². The first kappa shape index (κ1) is 23.4. The summed E-state index contributed by atoms with van der Waals surface area (Å²) in [6.45, 7) is 1.58. The number of carbonyl (C=O) groups is 2. The molecule has 1 aliphatic rings. The molecule has 1 saturated heterocycles. The van der Waals surface area contributed by atoms with Crippen molar-refractivity contribution in [1.82, 2.24) is 14.5 Å². The molecule has 35 heavy (non-hydrogen) atoms. The third kappa shape index (κ3) is 4.14. The van der Waals surface area contributed by atoms with Gasteiger partial charge in [-0.25, -0.2) is 18.8 Å². The molecule has 3 aromatic rings. The molecule has 1 fully saturated rings. The van der Waals surface area contributed by atoms with E-state index >= 15 is 0 Å². The zero-order chi connectivity index (χ0) is 25.4. The number of hydrogen-bond donors (Lipinski definition) is 2. The first-order valence-electron chi connectivity index (χ1n) is 10.3. The van der Waals surface area contributed by atoms with E-state index in [1.807, 2.05) is 0 Å². The highest BCUT2D eigenvalue weighted by Gasteiger charge is 2.25. The van der Waals surface area contributed by atoms with E-state index in [1.165, 1.54) is 42.2 Å². The van der Waals surface area contributed by atoms with Crippen molar-refractivity contribution in [2.45, 2.75) is 13.5 Å². The van der Waals surface area contributed by atoms with Crippen LogP contribution in [0.4, 0.5) is 20.6 Å². The number of nitro benzene ring substituents is 1. The van der Waals surface area contributed by atoms with E-state index in [4.69, 9.17) is 0 Å². The van der Waals surface area contributed by atoms with Gasteiger partial charge in [-0.3, -0.25) is 28.9 Å². The summed E-state index contributed by atoms with van der Waals surface area (Å²) >= 11 is 0. The number of urea groups is 1. The number of hydrogen-bond acceptors (Lipinski definition) is 6. The fourth-order valence-corrected chi connectivity index (χ4v) is 3.85. The maximum atomic E-state index is 14.9. The van der Waals surface area contributed by atoms with Crippen molar-refractivity contribution < 1.29 is 24.0 Å². The number of anilines is 1. The van der Waals surface area contributed by atoms with Gasteiger partial charge in [-0.2, -0.15) is 0 Å². The van der Waals surface area contributed by atoms with E-state index in [1.54, 1.807) is 0 Å². The Morgan fingerprint density at radius 1 is 1.23 bits per heavy atom. The third-order valence-electron chi connectivity index (χ3n) is 5.70. The Bertz CT molecular complexity index is 1510. The van der Waals surface area contributed by atoms with Crippen LogP contribution in [0.15, 0.2) is 52.2 Å². The van der Waals surface area contributed by atoms with Gasteiger partial charge in [-0.05, 0) is 24.6 Å². The first-order chi connectivity index (χ1) is 16.6. The van der Waals surface area contributed by atoms with Gasteiger partial charge in [-0.15, -0.1) is 0 Å². The number of nitrogens with zero attached hydrogens (tertiary/aromatic N) is 4. The normalized spacial score (nSPS) is 13.1. The van der Waals surface area contributed by atoms with Crippen LogP contribution in [0, 0.1) is 22.9 Å². The molecule has 12 nitrogen and oxygen atoms in total. The highest BCUT2D eigenvalue weighted by Crippen LogP contribution is 2.24. The van der Waals surface area contributed by atoms with Crippen LogP contribution in [-0.2, 0) is 6.54 Å². The number of carboxylic acid groups (broad SMARTS) is 1. The summed E-state index contributed by atoms with van der Waals surface area (Å²) in [6.07, 6.45) is 0.792. The fraction of sp³-hybridized carbons (Fsp3) is 0.182. The quantitative estimate of drug-likeness (QED) is 0.398. The lowest BCUT2D eigenvalue weighted by Crippen LogP contribution is -2.42. The number of aromatic carboxylic acids is 1. The highest BCUT2D eigenvalue weighted by atomic mass is 19.1. The van der Waals surface area contributed by atoms with E-state index in [0.29, 0.717) is 11.1 Å². The maximum Gasteiger partial charge on any atom is 0.342 e. The molecule has 0 aliphatic carbocycles. The van der Waals surface area contributed by atoms with Crippen LogP contribution in [0.2, 0.25) is 0 Å². The number of rotatable bonds is 6. The molecule has 2 N–H and O–H groups in total. The standard InChI is InChI=1S/C22H18FN5O7/c1-12-13(3-2-4-17(12)28(34)35)10-27-19(29)15(20(30)31)11-26(22(27)33)14-5-6-18(16(23)9-14)25-8-7-24-21(25)32/h2-6,9,11H,7-8,10H2,1H3,(H,24,32)(H,30,31).